The first-order valence-electron chi connectivity index (χ1n) is 9.85. The number of aromatic nitrogens is 2. The summed E-state index contributed by atoms with van der Waals surface area (Å²) < 4.78 is 50.9. The Morgan fingerprint density at radius 3 is 2.71 bits per heavy atom. The summed E-state index contributed by atoms with van der Waals surface area (Å²) in [6, 6.07) is 7.13. The van der Waals surface area contributed by atoms with Crippen molar-refractivity contribution in [3.05, 3.63) is 53.5 Å². The quantitative estimate of drug-likeness (QED) is 0.446. The van der Waals surface area contributed by atoms with Crippen molar-refractivity contribution in [2.75, 3.05) is 23.0 Å². The Morgan fingerprint density at radius 1 is 1.18 bits per heavy atom. The second kappa shape index (κ2) is 7.79. The van der Waals surface area contributed by atoms with Crippen molar-refractivity contribution >= 4 is 40.6 Å². The summed E-state index contributed by atoms with van der Waals surface area (Å²) in [5, 5.41) is 10.2. The lowest BCUT2D eigenvalue weighted by Gasteiger charge is -2.25. The molecule has 2 aliphatic rings. The third kappa shape index (κ3) is 3.66. The predicted octanol–water partition coefficient (Wildman–Crippen LogP) is 3.28. The van der Waals surface area contributed by atoms with Crippen molar-refractivity contribution in [2.24, 2.45) is 0 Å². The molecule has 2 aliphatic heterocycles. The topological polar surface area (TPSA) is 127 Å². The van der Waals surface area contributed by atoms with E-state index < -0.39 is 17.8 Å². The molecule has 3 aromatic rings. The van der Waals surface area contributed by atoms with Crippen LogP contribution in [0, 0.1) is 5.82 Å². The van der Waals surface area contributed by atoms with Gasteiger partial charge < -0.3 is 30.7 Å². The van der Waals surface area contributed by atoms with Crippen LogP contribution in [0.1, 0.15) is 15.9 Å². The van der Waals surface area contributed by atoms with Crippen LogP contribution in [-0.2, 0) is 11.4 Å². The molecule has 0 saturated heterocycles. The van der Waals surface area contributed by atoms with Gasteiger partial charge in [0.25, 0.3) is 5.91 Å². The first kappa shape index (κ1) is 21.3. The monoisotopic (exact) mass is 472 g/mol. The molecule has 2 amide bonds. The lowest BCUT2D eigenvalue weighted by molar-refractivity contribution is -0.189. The van der Waals surface area contributed by atoms with Gasteiger partial charge in [0.15, 0.2) is 17.4 Å². The number of fused-ring (bicyclic) bond motifs is 2. The number of hydrogen-bond donors (Lipinski definition) is 4. The molecule has 0 unspecified atom stereocenters. The van der Waals surface area contributed by atoms with Gasteiger partial charge in [0.1, 0.15) is 12.4 Å². The van der Waals surface area contributed by atoms with Gasteiger partial charge in [0.05, 0.1) is 23.1 Å². The largest absolute Gasteiger partial charge is 0.488 e. The SMILES string of the molecule is CNC(=O)c1c(Nc2ncc(F)c(Nc3ccc4c(c3)NC(=O)C(F)(F)O4)n2)ccc2c1CO2. The first-order valence-corrected chi connectivity index (χ1v) is 9.85. The molecule has 0 saturated carbocycles. The number of hydrogen-bond acceptors (Lipinski definition) is 8. The zero-order chi connectivity index (χ0) is 24.0. The van der Waals surface area contributed by atoms with E-state index in [1.54, 1.807) is 12.1 Å². The molecule has 2 aromatic carbocycles. The molecule has 10 nitrogen and oxygen atoms in total. The van der Waals surface area contributed by atoms with Crippen molar-refractivity contribution in [1.29, 1.82) is 0 Å². The standard InChI is InChI=1S/C21H15F3N6O4/c1-25-18(31)16-10-8-33-14(10)5-3-12(16)29-20-26-7-11(22)17(30-20)27-9-2-4-15-13(6-9)28-19(32)21(23,24)34-15/h2-7H,8H2,1H3,(H,25,31)(H,28,32)(H2,26,27,29,30). The maximum absolute atomic E-state index is 14.4. The number of benzene rings is 2. The van der Waals surface area contributed by atoms with Gasteiger partial charge >= 0.3 is 12.0 Å². The van der Waals surface area contributed by atoms with E-state index in [9.17, 15) is 22.8 Å². The van der Waals surface area contributed by atoms with E-state index in [0.29, 0.717) is 22.6 Å². The number of halogens is 3. The highest BCUT2D eigenvalue weighted by molar-refractivity contribution is 6.02. The van der Waals surface area contributed by atoms with E-state index >= 15 is 0 Å². The van der Waals surface area contributed by atoms with Crippen LogP contribution in [0.4, 0.5) is 42.0 Å². The number of carbonyl (C=O) groups is 2. The smallest absolute Gasteiger partial charge is 0.482 e. The fourth-order valence-corrected chi connectivity index (χ4v) is 3.41. The number of amides is 2. The summed E-state index contributed by atoms with van der Waals surface area (Å²) in [5.41, 5.74) is 1.69. The zero-order valence-corrected chi connectivity index (χ0v) is 17.3. The highest BCUT2D eigenvalue weighted by atomic mass is 19.3. The summed E-state index contributed by atoms with van der Waals surface area (Å²) in [6.07, 6.45) is -3.06. The highest BCUT2D eigenvalue weighted by Gasteiger charge is 2.46. The molecule has 0 radical (unpaired) electrons. The summed E-state index contributed by atoms with van der Waals surface area (Å²) in [4.78, 5) is 31.8. The van der Waals surface area contributed by atoms with Crippen LogP contribution in [0.15, 0.2) is 36.5 Å². The van der Waals surface area contributed by atoms with Crippen LogP contribution in [0.25, 0.3) is 0 Å². The number of carbonyl (C=O) groups excluding carboxylic acids is 2. The Hall–Kier alpha value is -4.55. The molecule has 0 atom stereocenters. The average Bonchev–Trinajstić information content (AvgIpc) is 2.78. The average molecular weight is 472 g/mol. The summed E-state index contributed by atoms with van der Waals surface area (Å²) in [7, 11) is 1.49. The van der Waals surface area contributed by atoms with Crippen molar-refractivity contribution in [2.45, 2.75) is 12.7 Å². The Labute approximate surface area is 189 Å². The zero-order valence-electron chi connectivity index (χ0n) is 17.3. The molecule has 0 bridgehead atoms. The molecule has 0 aliphatic carbocycles. The van der Waals surface area contributed by atoms with Crippen LogP contribution in [0.5, 0.6) is 11.5 Å². The second-order valence-corrected chi connectivity index (χ2v) is 7.26. The number of anilines is 5. The number of ether oxygens (including phenoxy) is 2. The summed E-state index contributed by atoms with van der Waals surface area (Å²) in [6.45, 7) is 0.273. The van der Waals surface area contributed by atoms with Crippen LogP contribution < -0.4 is 30.7 Å². The Morgan fingerprint density at radius 2 is 1.97 bits per heavy atom. The maximum Gasteiger partial charge on any atom is 0.482 e. The minimum Gasteiger partial charge on any atom is -0.488 e. The highest BCUT2D eigenvalue weighted by Crippen LogP contribution is 2.38. The Kier molecular flexibility index (Phi) is 4.88. The molecule has 3 heterocycles. The van der Waals surface area contributed by atoms with Gasteiger partial charge in [-0.05, 0) is 30.3 Å². The lowest BCUT2D eigenvalue weighted by Crippen LogP contribution is -2.43. The lowest BCUT2D eigenvalue weighted by atomic mass is 10.0. The third-order valence-electron chi connectivity index (χ3n) is 5.08. The molecule has 1 aromatic heterocycles. The maximum atomic E-state index is 14.4. The molecule has 34 heavy (non-hydrogen) atoms. The molecular formula is C21H15F3N6O4. The second-order valence-electron chi connectivity index (χ2n) is 7.26. The van der Waals surface area contributed by atoms with E-state index in [4.69, 9.17) is 4.74 Å². The van der Waals surface area contributed by atoms with E-state index in [1.165, 1.54) is 25.2 Å². The molecule has 0 spiro atoms. The number of nitrogens with one attached hydrogen (secondary N) is 4. The normalized spacial score (nSPS) is 14.9. The number of rotatable bonds is 5. The molecule has 0 fully saturated rings. The van der Waals surface area contributed by atoms with Crippen molar-refractivity contribution in [1.82, 2.24) is 15.3 Å². The first-order chi connectivity index (χ1) is 16.2. The number of nitrogens with zero attached hydrogens (tertiary/aromatic N) is 2. The van der Waals surface area contributed by atoms with Gasteiger partial charge in [0.2, 0.25) is 5.95 Å². The minimum atomic E-state index is -3.99. The predicted molar refractivity (Wildman–Crippen MR) is 113 cm³/mol. The molecule has 174 valence electrons. The Balaban J connectivity index is 1.41. The van der Waals surface area contributed by atoms with Crippen molar-refractivity contribution in [3.8, 4) is 11.5 Å². The van der Waals surface area contributed by atoms with E-state index in [0.717, 1.165) is 6.20 Å². The molecule has 5 rings (SSSR count). The molecule has 13 heteroatoms. The van der Waals surface area contributed by atoms with Crippen LogP contribution in [0.3, 0.4) is 0 Å². The van der Waals surface area contributed by atoms with E-state index in [1.807, 2.05) is 5.32 Å². The fourth-order valence-electron chi connectivity index (χ4n) is 3.41. The van der Waals surface area contributed by atoms with Gasteiger partial charge in [-0.1, -0.05) is 0 Å². The van der Waals surface area contributed by atoms with Gasteiger partial charge in [-0.25, -0.2) is 9.37 Å². The van der Waals surface area contributed by atoms with Gasteiger partial charge in [-0.15, -0.1) is 0 Å². The minimum absolute atomic E-state index is 0.0107. The molecular weight excluding hydrogens is 457 g/mol. The summed E-state index contributed by atoms with van der Waals surface area (Å²) in [5.74, 6) is -2.66. The fraction of sp³-hybridized carbons (Fsp3) is 0.143. The van der Waals surface area contributed by atoms with Crippen LogP contribution >= 0.6 is 0 Å². The van der Waals surface area contributed by atoms with E-state index in [2.05, 4.69) is 30.7 Å². The van der Waals surface area contributed by atoms with Crippen molar-refractivity contribution in [3.63, 3.8) is 0 Å². The van der Waals surface area contributed by atoms with Gasteiger partial charge in [-0.3, -0.25) is 9.59 Å². The van der Waals surface area contributed by atoms with Crippen LogP contribution in [0.2, 0.25) is 0 Å². The van der Waals surface area contributed by atoms with Gasteiger partial charge in [-0.2, -0.15) is 13.8 Å². The molecule has 4 N–H and O–H groups in total. The number of alkyl halides is 2. The van der Waals surface area contributed by atoms with Crippen LogP contribution in [-0.4, -0.2) is 34.9 Å². The van der Waals surface area contributed by atoms with Crippen molar-refractivity contribution < 1.29 is 32.2 Å². The summed E-state index contributed by atoms with van der Waals surface area (Å²) >= 11 is 0. The van der Waals surface area contributed by atoms with E-state index in [-0.39, 0.29) is 41.4 Å². The van der Waals surface area contributed by atoms with Gasteiger partial charge in [0, 0.05) is 18.3 Å². The third-order valence-corrected chi connectivity index (χ3v) is 5.08. The Bertz CT molecular complexity index is 1350.